The number of benzene rings is 2. The zero-order valence-corrected chi connectivity index (χ0v) is 19.8. The van der Waals surface area contributed by atoms with Crippen LogP contribution >= 0.6 is 0 Å². The number of hydrogen-bond donors (Lipinski definition) is 2. The van der Waals surface area contributed by atoms with Gasteiger partial charge >= 0.3 is 6.18 Å². The van der Waals surface area contributed by atoms with Gasteiger partial charge in [-0.2, -0.15) is 13.2 Å². The summed E-state index contributed by atoms with van der Waals surface area (Å²) in [5, 5.41) is 2.13. The number of likely N-dealkylation sites (tertiary alicyclic amines) is 1. The predicted octanol–water partition coefficient (Wildman–Crippen LogP) is 2.64. The van der Waals surface area contributed by atoms with E-state index >= 15 is 0 Å². The number of hydrogen-bond acceptors (Lipinski definition) is 5. The topological polar surface area (TPSA) is 113 Å². The fraction of sp³-hybridized carbons (Fsp3) is 0.385. The highest BCUT2D eigenvalue weighted by molar-refractivity contribution is 6.06. The molecule has 3 N–H and O–H groups in total. The first-order chi connectivity index (χ1) is 17.5. The summed E-state index contributed by atoms with van der Waals surface area (Å²) in [5.41, 5.74) is 6.06. The Bertz CT molecular complexity index is 1270. The predicted molar refractivity (Wildman–Crippen MR) is 125 cm³/mol. The van der Waals surface area contributed by atoms with Crippen LogP contribution in [0, 0.1) is 0 Å². The van der Waals surface area contributed by atoms with Gasteiger partial charge < -0.3 is 10.6 Å². The molecule has 0 saturated carbocycles. The summed E-state index contributed by atoms with van der Waals surface area (Å²) in [5.74, 6) is -5.20. The second-order valence-corrected chi connectivity index (χ2v) is 9.68. The standard InChI is InChI=1S/C26H25F3N4O4/c27-26(28,29)21(15-4-2-14(3-5-15)13-32-10-1-11-32)22-18-12-16(23(30)35)6-7-17(18)25(37)33(22)19-8-9-20(34)31-24(19)36/h2-7,12,19,21-22H,1,8-11,13H2,(H2,30,35)(H,31,34,36)/t19?,21-,22?/m1/s1. The van der Waals surface area contributed by atoms with Crippen molar-refractivity contribution in [2.45, 2.75) is 50.0 Å². The quantitative estimate of drug-likeness (QED) is 0.576. The first-order valence-corrected chi connectivity index (χ1v) is 12.0. The van der Waals surface area contributed by atoms with Gasteiger partial charge in [0.05, 0.1) is 6.04 Å². The lowest BCUT2D eigenvalue weighted by molar-refractivity contribution is -0.167. The van der Waals surface area contributed by atoms with Gasteiger partial charge in [0.2, 0.25) is 17.7 Å². The van der Waals surface area contributed by atoms with Gasteiger partial charge in [0, 0.05) is 24.1 Å². The third-order valence-corrected chi connectivity index (χ3v) is 7.33. The van der Waals surface area contributed by atoms with Crippen LogP contribution in [0.5, 0.6) is 0 Å². The van der Waals surface area contributed by atoms with Gasteiger partial charge in [-0.15, -0.1) is 0 Å². The Morgan fingerprint density at radius 1 is 1.08 bits per heavy atom. The normalized spacial score (nSPS) is 22.9. The highest BCUT2D eigenvalue weighted by atomic mass is 19.4. The minimum Gasteiger partial charge on any atom is -0.366 e. The van der Waals surface area contributed by atoms with E-state index in [-0.39, 0.29) is 35.1 Å². The van der Waals surface area contributed by atoms with Crippen LogP contribution in [0.2, 0.25) is 0 Å². The Hall–Kier alpha value is -3.73. The Kier molecular flexibility index (Phi) is 6.26. The minimum atomic E-state index is -4.81. The molecule has 11 heteroatoms. The maximum Gasteiger partial charge on any atom is 0.398 e. The maximum atomic E-state index is 14.8. The second-order valence-electron chi connectivity index (χ2n) is 9.68. The molecule has 3 aliphatic heterocycles. The highest BCUT2D eigenvalue weighted by Gasteiger charge is 2.55. The molecule has 2 unspecified atom stereocenters. The van der Waals surface area contributed by atoms with Crippen LogP contribution in [0.4, 0.5) is 13.2 Å². The van der Waals surface area contributed by atoms with Crippen LogP contribution in [0.1, 0.15) is 68.6 Å². The van der Waals surface area contributed by atoms with Crippen molar-refractivity contribution in [1.29, 1.82) is 0 Å². The Balaban J connectivity index is 1.61. The maximum absolute atomic E-state index is 14.8. The number of nitrogens with two attached hydrogens (primary N) is 1. The Labute approximate surface area is 210 Å². The van der Waals surface area contributed by atoms with E-state index in [9.17, 15) is 32.3 Å². The van der Waals surface area contributed by atoms with Crippen LogP contribution in [0.25, 0.3) is 0 Å². The molecular formula is C26H25F3N4O4. The highest BCUT2D eigenvalue weighted by Crippen LogP contribution is 2.52. The third kappa shape index (κ3) is 4.59. The van der Waals surface area contributed by atoms with E-state index in [1.807, 2.05) is 0 Å². The average Bonchev–Trinajstić information content (AvgIpc) is 3.08. The van der Waals surface area contributed by atoms with Crippen molar-refractivity contribution in [2.75, 3.05) is 13.1 Å². The first-order valence-electron chi connectivity index (χ1n) is 12.0. The molecule has 8 nitrogen and oxygen atoms in total. The summed E-state index contributed by atoms with van der Waals surface area (Å²) in [6.07, 6.45) is -3.94. The van der Waals surface area contributed by atoms with Crippen LogP contribution in [0.15, 0.2) is 42.5 Å². The molecule has 2 fully saturated rings. The number of piperidine rings is 1. The molecule has 0 bridgehead atoms. The van der Waals surface area contributed by atoms with Crippen LogP contribution in [-0.2, 0) is 16.1 Å². The number of nitrogens with zero attached hydrogens (tertiary/aromatic N) is 2. The third-order valence-electron chi connectivity index (χ3n) is 7.33. The van der Waals surface area contributed by atoms with E-state index in [1.54, 1.807) is 12.1 Å². The zero-order chi connectivity index (χ0) is 26.5. The monoisotopic (exact) mass is 514 g/mol. The molecule has 2 aromatic carbocycles. The molecule has 2 aromatic rings. The lowest BCUT2D eigenvalue weighted by Crippen LogP contribution is -2.54. The number of carbonyl (C=O) groups is 4. The number of primary amides is 1. The van der Waals surface area contributed by atoms with E-state index in [2.05, 4.69) is 10.2 Å². The Morgan fingerprint density at radius 2 is 1.78 bits per heavy atom. The summed E-state index contributed by atoms with van der Waals surface area (Å²) >= 11 is 0. The van der Waals surface area contributed by atoms with Crippen molar-refractivity contribution in [3.63, 3.8) is 0 Å². The van der Waals surface area contributed by atoms with E-state index in [0.29, 0.717) is 6.54 Å². The molecule has 3 atom stereocenters. The van der Waals surface area contributed by atoms with Gasteiger partial charge in [-0.25, -0.2) is 0 Å². The number of amides is 4. The Morgan fingerprint density at radius 3 is 2.35 bits per heavy atom. The lowest BCUT2D eigenvalue weighted by atomic mass is 9.84. The molecule has 0 aromatic heterocycles. The average molecular weight is 515 g/mol. The summed E-state index contributed by atoms with van der Waals surface area (Å²) in [6.45, 7) is 2.51. The first kappa shape index (κ1) is 24.9. The van der Waals surface area contributed by atoms with Gasteiger partial charge in [-0.3, -0.25) is 29.4 Å². The van der Waals surface area contributed by atoms with Gasteiger partial charge in [-0.05, 0) is 60.8 Å². The molecule has 3 heterocycles. The number of rotatable bonds is 6. The van der Waals surface area contributed by atoms with Gasteiger partial charge in [0.1, 0.15) is 12.0 Å². The zero-order valence-electron chi connectivity index (χ0n) is 19.8. The SMILES string of the molecule is NC(=O)c1ccc2c(c1)C([C@@H](c1ccc(CN3CCC3)cc1)C(F)(F)F)N(C1CCC(=O)NC1=O)C2=O. The van der Waals surface area contributed by atoms with Crippen molar-refractivity contribution in [3.05, 3.63) is 70.3 Å². The molecule has 2 saturated heterocycles. The van der Waals surface area contributed by atoms with E-state index < -0.39 is 47.8 Å². The molecule has 3 aliphatic rings. The number of halogens is 3. The molecule has 0 spiro atoms. The lowest BCUT2D eigenvalue weighted by Gasteiger charge is -2.39. The fourth-order valence-electron chi connectivity index (χ4n) is 5.37. The van der Waals surface area contributed by atoms with E-state index in [0.717, 1.165) is 30.0 Å². The number of carbonyl (C=O) groups excluding carboxylic acids is 4. The molecule has 4 amide bonds. The van der Waals surface area contributed by atoms with Crippen molar-refractivity contribution < 1.29 is 32.3 Å². The van der Waals surface area contributed by atoms with Crippen molar-refractivity contribution >= 4 is 23.6 Å². The smallest absolute Gasteiger partial charge is 0.366 e. The number of alkyl halides is 3. The van der Waals surface area contributed by atoms with E-state index in [4.69, 9.17) is 5.73 Å². The minimum absolute atomic E-state index is 0.0296. The summed E-state index contributed by atoms with van der Waals surface area (Å²) in [4.78, 5) is 52.8. The summed E-state index contributed by atoms with van der Waals surface area (Å²) in [6, 6.07) is 6.90. The molecule has 5 rings (SSSR count). The molecule has 0 aliphatic carbocycles. The molecule has 37 heavy (non-hydrogen) atoms. The van der Waals surface area contributed by atoms with Crippen LogP contribution in [-0.4, -0.2) is 58.7 Å². The van der Waals surface area contributed by atoms with Gasteiger partial charge in [0.25, 0.3) is 5.91 Å². The van der Waals surface area contributed by atoms with Gasteiger partial charge in [0.15, 0.2) is 0 Å². The van der Waals surface area contributed by atoms with E-state index in [1.165, 1.54) is 30.3 Å². The summed E-state index contributed by atoms with van der Waals surface area (Å²) < 4.78 is 44.5. The molecule has 194 valence electrons. The number of nitrogens with one attached hydrogen (secondary N) is 1. The number of fused-ring (bicyclic) bond motifs is 1. The molecule has 0 radical (unpaired) electrons. The van der Waals surface area contributed by atoms with Crippen molar-refractivity contribution in [1.82, 2.24) is 15.1 Å². The van der Waals surface area contributed by atoms with Gasteiger partial charge in [-0.1, -0.05) is 24.3 Å². The van der Waals surface area contributed by atoms with Crippen LogP contribution in [0.3, 0.4) is 0 Å². The fourth-order valence-corrected chi connectivity index (χ4v) is 5.37. The largest absolute Gasteiger partial charge is 0.398 e. The van der Waals surface area contributed by atoms with Crippen molar-refractivity contribution in [3.8, 4) is 0 Å². The summed E-state index contributed by atoms with van der Waals surface area (Å²) in [7, 11) is 0. The van der Waals surface area contributed by atoms with Crippen LogP contribution < -0.4 is 11.1 Å². The molecular weight excluding hydrogens is 489 g/mol. The number of imide groups is 1. The van der Waals surface area contributed by atoms with Crippen molar-refractivity contribution in [2.24, 2.45) is 5.73 Å². The second kappa shape index (κ2) is 9.29.